The number of ether oxygens (including phenoxy) is 1. The van der Waals surface area contributed by atoms with Gasteiger partial charge in [0.2, 0.25) is 6.86 Å². The molecule has 0 bridgehead atoms. The van der Waals surface area contributed by atoms with Crippen molar-refractivity contribution < 1.29 is 14.2 Å². The molecule has 0 heterocycles. The van der Waals surface area contributed by atoms with Gasteiger partial charge < -0.3 is 4.74 Å². The summed E-state index contributed by atoms with van der Waals surface area (Å²) in [5.74, 6) is 0.330. The molecule has 1 aromatic carbocycles. The maximum Gasteiger partial charge on any atom is 0.228 e. The Kier molecular flexibility index (Phi) is 3.02. The average molecular weight is 186 g/mol. The van der Waals surface area contributed by atoms with E-state index in [2.05, 4.69) is 4.74 Å². The molecule has 0 unspecified atom stereocenters. The van der Waals surface area contributed by atoms with Crippen LogP contribution in [0.2, 0.25) is 0 Å². The van der Waals surface area contributed by atoms with E-state index < -0.39 is 11.9 Å². The van der Waals surface area contributed by atoms with Crippen molar-refractivity contribution in [2.24, 2.45) is 0 Å². The van der Waals surface area contributed by atoms with Gasteiger partial charge in [0.05, 0.1) is 0 Å². The third-order valence-electron chi connectivity index (χ3n) is 1.30. The molecule has 0 aliphatic heterocycles. The summed E-state index contributed by atoms with van der Waals surface area (Å²) >= 11 is 0. The maximum atomic E-state index is 11.6. The first kappa shape index (κ1) is 9.24. The summed E-state index contributed by atoms with van der Waals surface area (Å²) in [6.07, 6.45) is 0. The minimum absolute atomic E-state index is 0.316. The van der Waals surface area contributed by atoms with Gasteiger partial charge in [0.25, 0.3) is 0 Å². The van der Waals surface area contributed by atoms with E-state index in [1.54, 1.807) is 0 Å². The SMILES string of the molecule is O=[N+]([O-])Nc1ccc(OCF)cc1. The summed E-state index contributed by atoms with van der Waals surface area (Å²) in [5.41, 5.74) is 2.26. The van der Waals surface area contributed by atoms with Gasteiger partial charge in [-0.3, -0.25) is 0 Å². The largest absolute Gasteiger partial charge is 0.463 e. The number of hydrogen-bond donors (Lipinski definition) is 1. The Balaban J connectivity index is 2.64. The van der Waals surface area contributed by atoms with Gasteiger partial charge in [-0.2, -0.15) is 0 Å². The second-order valence-electron chi connectivity index (χ2n) is 2.15. The zero-order chi connectivity index (χ0) is 9.68. The number of hydrazine groups is 1. The van der Waals surface area contributed by atoms with Crippen LogP contribution in [0.25, 0.3) is 0 Å². The van der Waals surface area contributed by atoms with Crippen molar-refractivity contribution in [3.8, 4) is 5.75 Å². The molecular formula is C7H7FN2O3. The number of rotatable bonds is 4. The monoisotopic (exact) mass is 186 g/mol. The minimum atomic E-state index is -0.915. The first-order chi connectivity index (χ1) is 6.22. The van der Waals surface area contributed by atoms with Crippen molar-refractivity contribution >= 4 is 5.69 Å². The smallest absolute Gasteiger partial charge is 0.228 e. The van der Waals surface area contributed by atoms with Crippen LogP contribution in [0.5, 0.6) is 5.75 Å². The summed E-state index contributed by atoms with van der Waals surface area (Å²) in [7, 11) is 0. The first-order valence-electron chi connectivity index (χ1n) is 3.42. The molecule has 0 saturated carbocycles. The number of hydrogen-bond acceptors (Lipinski definition) is 3. The Morgan fingerprint density at radius 2 is 2.08 bits per heavy atom. The van der Waals surface area contributed by atoms with Gasteiger partial charge in [-0.1, -0.05) is 0 Å². The zero-order valence-corrected chi connectivity index (χ0v) is 6.57. The fraction of sp³-hybridized carbons (Fsp3) is 0.143. The van der Waals surface area contributed by atoms with E-state index in [9.17, 15) is 14.5 Å². The number of halogens is 1. The number of alkyl halides is 1. The molecule has 0 aliphatic rings. The normalized spacial score (nSPS) is 9.31. The molecule has 0 amide bonds. The molecule has 0 fully saturated rings. The van der Waals surface area contributed by atoms with Crippen LogP contribution in [0.4, 0.5) is 10.1 Å². The maximum absolute atomic E-state index is 11.6. The summed E-state index contributed by atoms with van der Waals surface area (Å²) in [6, 6.07) is 5.72. The lowest BCUT2D eigenvalue weighted by Crippen LogP contribution is -2.07. The fourth-order valence-corrected chi connectivity index (χ4v) is 0.794. The Bertz CT molecular complexity index is 288. The molecule has 5 nitrogen and oxygen atoms in total. The highest BCUT2D eigenvalue weighted by Gasteiger charge is 1.98. The second kappa shape index (κ2) is 4.24. The highest BCUT2D eigenvalue weighted by Crippen LogP contribution is 2.15. The van der Waals surface area contributed by atoms with E-state index in [0.717, 1.165) is 0 Å². The van der Waals surface area contributed by atoms with Gasteiger partial charge in [0.15, 0.2) is 5.03 Å². The predicted octanol–water partition coefficient (Wildman–Crippen LogP) is 1.60. The fourth-order valence-electron chi connectivity index (χ4n) is 0.794. The topological polar surface area (TPSA) is 64.4 Å². The highest BCUT2D eigenvalue weighted by atomic mass is 19.1. The highest BCUT2D eigenvalue weighted by molar-refractivity contribution is 5.44. The molecular weight excluding hydrogens is 179 g/mol. The van der Waals surface area contributed by atoms with Gasteiger partial charge >= 0.3 is 0 Å². The quantitative estimate of drug-likeness (QED) is 0.572. The minimum Gasteiger partial charge on any atom is -0.463 e. The molecule has 1 aromatic rings. The summed E-state index contributed by atoms with van der Waals surface area (Å²) in [4.78, 5) is 9.98. The van der Waals surface area contributed by atoms with E-state index in [0.29, 0.717) is 11.4 Å². The molecule has 0 spiro atoms. The molecule has 1 N–H and O–H groups in total. The van der Waals surface area contributed by atoms with Crippen LogP contribution < -0.4 is 10.2 Å². The second-order valence-corrected chi connectivity index (χ2v) is 2.15. The van der Waals surface area contributed by atoms with E-state index in [1.165, 1.54) is 24.3 Å². The number of benzene rings is 1. The van der Waals surface area contributed by atoms with Crippen LogP contribution in [0.3, 0.4) is 0 Å². The third kappa shape index (κ3) is 2.94. The molecule has 0 aromatic heterocycles. The van der Waals surface area contributed by atoms with Crippen molar-refractivity contribution in [1.82, 2.24) is 0 Å². The first-order valence-corrected chi connectivity index (χ1v) is 3.42. The van der Waals surface area contributed by atoms with Gasteiger partial charge in [-0.25, -0.2) is 14.5 Å². The number of nitrogens with one attached hydrogen (secondary N) is 1. The number of anilines is 1. The molecule has 0 saturated heterocycles. The molecule has 6 heteroatoms. The lowest BCUT2D eigenvalue weighted by molar-refractivity contribution is -0.445. The molecule has 1 rings (SSSR count). The summed E-state index contributed by atoms with van der Waals surface area (Å²) in [5, 5.41) is 9.31. The Labute approximate surface area is 73.2 Å². The number of nitro groups is 1. The molecule has 13 heavy (non-hydrogen) atoms. The van der Waals surface area contributed by atoms with E-state index in [4.69, 9.17) is 0 Å². The van der Waals surface area contributed by atoms with Crippen LogP contribution in [-0.2, 0) is 0 Å². The van der Waals surface area contributed by atoms with Crippen LogP contribution in [0, 0.1) is 10.1 Å². The Morgan fingerprint density at radius 1 is 1.46 bits per heavy atom. The zero-order valence-electron chi connectivity index (χ0n) is 6.57. The van der Waals surface area contributed by atoms with Gasteiger partial charge in [0.1, 0.15) is 11.4 Å². The van der Waals surface area contributed by atoms with E-state index in [1.807, 2.05) is 5.43 Å². The van der Waals surface area contributed by atoms with Crippen molar-refractivity contribution in [2.45, 2.75) is 0 Å². The Morgan fingerprint density at radius 3 is 2.54 bits per heavy atom. The van der Waals surface area contributed by atoms with Crippen molar-refractivity contribution in [3.05, 3.63) is 34.4 Å². The van der Waals surface area contributed by atoms with Crippen molar-refractivity contribution in [3.63, 3.8) is 0 Å². The summed E-state index contributed by atoms with van der Waals surface area (Å²) < 4.78 is 16.1. The molecule has 0 radical (unpaired) electrons. The Hall–Kier alpha value is -1.85. The van der Waals surface area contributed by atoms with E-state index >= 15 is 0 Å². The lowest BCUT2D eigenvalue weighted by atomic mass is 10.3. The molecule has 0 atom stereocenters. The third-order valence-corrected chi connectivity index (χ3v) is 1.30. The lowest BCUT2D eigenvalue weighted by Gasteiger charge is -2.00. The number of nitrogens with zero attached hydrogens (tertiary/aromatic N) is 1. The van der Waals surface area contributed by atoms with Gasteiger partial charge in [-0.05, 0) is 24.3 Å². The van der Waals surface area contributed by atoms with Crippen molar-refractivity contribution in [1.29, 1.82) is 0 Å². The van der Waals surface area contributed by atoms with Crippen LogP contribution in [-0.4, -0.2) is 11.9 Å². The summed E-state index contributed by atoms with van der Waals surface area (Å²) in [6.45, 7) is -0.915. The van der Waals surface area contributed by atoms with Crippen LogP contribution >= 0.6 is 0 Å². The predicted molar refractivity (Wildman–Crippen MR) is 43.7 cm³/mol. The standard InChI is InChI=1S/C7H7FN2O3/c8-5-13-7-3-1-6(2-4-7)9-10(11)12/h1-4,9H,5H2. The van der Waals surface area contributed by atoms with Crippen LogP contribution in [0.15, 0.2) is 24.3 Å². The average Bonchev–Trinajstić information content (AvgIpc) is 2.08. The van der Waals surface area contributed by atoms with Gasteiger partial charge in [0, 0.05) is 0 Å². The van der Waals surface area contributed by atoms with Crippen molar-refractivity contribution in [2.75, 3.05) is 12.3 Å². The molecule has 0 aliphatic carbocycles. The van der Waals surface area contributed by atoms with Gasteiger partial charge in [-0.15, -0.1) is 5.43 Å². The van der Waals surface area contributed by atoms with E-state index in [-0.39, 0.29) is 0 Å². The van der Waals surface area contributed by atoms with Crippen LogP contribution in [0.1, 0.15) is 0 Å². The molecule has 70 valence electrons.